The minimum absolute atomic E-state index is 0.0549. The Balaban J connectivity index is 2.38. The molecule has 0 saturated carbocycles. The smallest absolute Gasteiger partial charge is 0.261 e. The summed E-state index contributed by atoms with van der Waals surface area (Å²) in [6, 6.07) is 1.86. The van der Waals surface area contributed by atoms with Crippen molar-refractivity contribution in [1.29, 1.82) is 0 Å². The first-order valence-corrected chi connectivity index (χ1v) is 8.18. The lowest BCUT2D eigenvalue weighted by Gasteiger charge is -2.01. The van der Waals surface area contributed by atoms with E-state index in [1.165, 1.54) is 11.3 Å². The molecule has 1 aromatic rings. The predicted molar refractivity (Wildman–Crippen MR) is 72.6 cm³/mol. The zero-order chi connectivity index (χ0) is 12.1. The second-order valence-corrected chi connectivity index (χ2v) is 7.38. The van der Waals surface area contributed by atoms with Gasteiger partial charge in [0.2, 0.25) is 0 Å². The molecule has 0 aliphatic rings. The van der Waals surface area contributed by atoms with Gasteiger partial charge in [0.25, 0.3) is 5.91 Å². The monoisotopic (exact) mass is 323 g/mol. The summed E-state index contributed by atoms with van der Waals surface area (Å²) in [5, 5.41) is 2.81. The highest BCUT2D eigenvalue weighted by atomic mass is 79.9. The van der Waals surface area contributed by atoms with Crippen LogP contribution in [0.1, 0.15) is 21.7 Å². The van der Waals surface area contributed by atoms with E-state index in [1.54, 1.807) is 6.26 Å². The number of halogens is 1. The van der Waals surface area contributed by atoms with Crippen LogP contribution < -0.4 is 5.32 Å². The molecule has 0 aliphatic heterocycles. The van der Waals surface area contributed by atoms with E-state index in [2.05, 4.69) is 21.2 Å². The van der Waals surface area contributed by atoms with E-state index >= 15 is 0 Å². The van der Waals surface area contributed by atoms with Gasteiger partial charge in [0, 0.05) is 29.4 Å². The lowest BCUT2D eigenvalue weighted by atomic mass is 10.3. The van der Waals surface area contributed by atoms with Crippen LogP contribution in [0.3, 0.4) is 0 Å². The highest BCUT2D eigenvalue weighted by molar-refractivity contribution is 9.11. The SMILES string of the molecule is Cc1cc(C(=O)NCCCS(C)=O)sc1Br. The molecule has 0 aromatic carbocycles. The maximum absolute atomic E-state index is 11.7. The Labute approximate surface area is 110 Å². The summed E-state index contributed by atoms with van der Waals surface area (Å²) in [4.78, 5) is 12.4. The van der Waals surface area contributed by atoms with Gasteiger partial charge in [0.15, 0.2) is 0 Å². The van der Waals surface area contributed by atoms with Gasteiger partial charge in [0.05, 0.1) is 8.66 Å². The van der Waals surface area contributed by atoms with Gasteiger partial charge in [0.1, 0.15) is 0 Å². The summed E-state index contributed by atoms with van der Waals surface area (Å²) in [6.45, 7) is 2.53. The Kier molecular flexibility index (Phi) is 5.64. The first-order valence-electron chi connectivity index (χ1n) is 4.85. The molecule has 1 aromatic heterocycles. The zero-order valence-electron chi connectivity index (χ0n) is 9.21. The molecule has 0 radical (unpaired) electrons. The van der Waals surface area contributed by atoms with Crippen LogP contribution in [-0.4, -0.2) is 28.7 Å². The van der Waals surface area contributed by atoms with E-state index in [4.69, 9.17) is 0 Å². The number of thiophene rings is 1. The van der Waals surface area contributed by atoms with Crippen molar-refractivity contribution in [3.63, 3.8) is 0 Å². The second kappa shape index (κ2) is 6.51. The molecule has 1 heterocycles. The van der Waals surface area contributed by atoms with E-state index in [1.807, 2.05) is 13.0 Å². The molecule has 6 heteroatoms. The molecule has 0 bridgehead atoms. The third-order valence-corrected chi connectivity index (χ3v) is 4.97. The van der Waals surface area contributed by atoms with Crippen molar-refractivity contribution in [2.75, 3.05) is 18.6 Å². The summed E-state index contributed by atoms with van der Waals surface area (Å²) in [5.74, 6) is 0.577. The topological polar surface area (TPSA) is 46.2 Å². The fourth-order valence-corrected chi connectivity index (χ4v) is 3.14. The van der Waals surface area contributed by atoms with Crippen LogP contribution in [0.4, 0.5) is 0 Å². The van der Waals surface area contributed by atoms with Crippen LogP contribution in [0, 0.1) is 6.92 Å². The van der Waals surface area contributed by atoms with Gasteiger partial charge in [-0.05, 0) is 40.9 Å². The fourth-order valence-electron chi connectivity index (χ4n) is 1.14. The molecule has 1 atom stereocenters. The molecule has 1 amide bonds. The van der Waals surface area contributed by atoms with Gasteiger partial charge in [-0.15, -0.1) is 11.3 Å². The number of nitrogens with one attached hydrogen (secondary N) is 1. The molecule has 3 nitrogen and oxygen atoms in total. The van der Waals surface area contributed by atoms with Gasteiger partial charge in [-0.1, -0.05) is 0 Å². The average molecular weight is 324 g/mol. The third kappa shape index (κ3) is 4.35. The van der Waals surface area contributed by atoms with E-state index in [0.717, 1.165) is 15.8 Å². The summed E-state index contributed by atoms with van der Waals surface area (Å²) in [6.07, 6.45) is 2.42. The quantitative estimate of drug-likeness (QED) is 0.845. The molecule has 0 fully saturated rings. The number of rotatable bonds is 5. The van der Waals surface area contributed by atoms with Crippen LogP contribution in [0.15, 0.2) is 9.85 Å². The third-order valence-electron chi connectivity index (χ3n) is 1.98. The summed E-state index contributed by atoms with van der Waals surface area (Å²) < 4.78 is 11.8. The van der Waals surface area contributed by atoms with Crippen molar-refractivity contribution in [3.8, 4) is 0 Å². The van der Waals surface area contributed by atoms with Crippen molar-refractivity contribution in [1.82, 2.24) is 5.32 Å². The standard InChI is InChI=1S/C10H14BrNO2S2/c1-7-6-8(15-9(7)11)10(13)12-4-3-5-16(2)14/h6H,3-5H2,1-2H3,(H,12,13). The summed E-state index contributed by atoms with van der Waals surface area (Å²) in [7, 11) is -0.781. The number of aryl methyl sites for hydroxylation is 1. The van der Waals surface area contributed by atoms with Gasteiger partial charge >= 0.3 is 0 Å². The molecule has 1 unspecified atom stereocenters. The lowest BCUT2D eigenvalue weighted by Crippen LogP contribution is -2.24. The van der Waals surface area contributed by atoms with Crippen LogP contribution in [0.2, 0.25) is 0 Å². The van der Waals surface area contributed by atoms with E-state index < -0.39 is 10.8 Å². The normalized spacial score (nSPS) is 12.4. The zero-order valence-corrected chi connectivity index (χ0v) is 12.4. The molecule has 90 valence electrons. The average Bonchev–Trinajstić information content (AvgIpc) is 2.54. The number of carbonyl (C=O) groups excluding carboxylic acids is 1. The first kappa shape index (κ1) is 13.9. The van der Waals surface area contributed by atoms with E-state index in [0.29, 0.717) is 17.2 Å². The molecular weight excluding hydrogens is 310 g/mol. The Morgan fingerprint density at radius 2 is 2.31 bits per heavy atom. The largest absolute Gasteiger partial charge is 0.351 e. The van der Waals surface area contributed by atoms with Crippen LogP contribution >= 0.6 is 27.3 Å². The highest BCUT2D eigenvalue weighted by Crippen LogP contribution is 2.27. The van der Waals surface area contributed by atoms with Crippen molar-refractivity contribution in [2.45, 2.75) is 13.3 Å². The summed E-state index contributed by atoms with van der Waals surface area (Å²) >= 11 is 4.81. The van der Waals surface area contributed by atoms with Gasteiger partial charge < -0.3 is 5.32 Å². The highest BCUT2D eigenvalue weighted by Gasteiger charge is 2.10. The van der Waals surface area contributed by atoms with Crippen molar-refractivity contribution in [2.24, 2.45) is 0 Å². The minimum atomic E-state index is -0.781. The molecule has 0 spiro atoms. The van der Waals surface area contributed by atoms with Crippen LogP contribution in [-0.2, 0) is 10.8 Å². The molecular formula is C10H14BrNO2S2. The lowest BCUT2D eigenvalue weighted by molar-refractivity contribution is 0.0957. The molecule has 0 aliphatic carbocycles. The van der Waals surface area contributed by atoms with Crippen molar-refractivity contribution >= 4 is 44.0 Å². The Bertz CT molecular complexity index is 384. The Hall–Kier alpha value is -0.200. The van der Waals surface area contributed by atoms with Crippen molar-refractivity contribution < 1.29 is 9.00 Å². The molecule has 1 N–H and O–H groups in total. The van der Waals surface area contributed by atoms with Crippen LogP contribution in [0.25, 0.3) is 0 Å². The second-order valence-electron chi connectivity index (χ2n) is 3.45. The van der Waals surface area contributed by atoms with Crippen LogP contribution in [0.5, 0.6) is 0 Å². The Morgan fingerprint density at radius 3 is 2.81 bits per heavy atom. The number of hydrogen-bond acceptors (Lipinski definition) is 3. The van der Waals surface area contributed by atoms with E-state index in [-0.39, 0.29) is 5.91 Å². The maximum atomic E-state index is 11.7. The first-order chi connectivity index (χ1) is 7.50. The fraction of sp³-hybridized carbons (Fsp3) is 0.500. The predicted octanol–water partition coefficient (Wildman–Crippen LogP) is 2.32. The van der Waals surface area contributed by atoms with E-state index in [9.17, 15) is 9.00 Å². The maximum Gasteiger partial charge on any atom is 0.261 e. The molecule has 0 saturated heterocycles. The molecule has 1 rings (SSSR count). The van der Waals surface area contributed by atoms with Gasteiger partial charge in [-0.25, -0.2) is 0 Å². The number of amides is 1. The number of carbonyl (C=O) groups is 1. The minimum Gasteiger partial charge on any atom is -0.351 e. The Morgan fingerprint density at radius 1 is 1.62 bits per heavy atom. The van der Waals surface area contributed by atoms with Gasteiger partial charge in [-0.2, -0.15) is 0 Å². The number of hydrogen-bond donors (Lipinski definition) is 1. The summed E-state index contributed by atoms with van der Waals surface area (Å²) in [5.41, 5.74) is 1.07. The van der Waals surface area contributed by atoms with Gasteiger partial charge in [-0.3, -0.25) is 9.00 Å². The molecule has 16 heavy (non-hydrogen) atoms. The van der Waals surface area contributed by atoms with Crippen molar-refractivity contribution in [3.05, 3.63) is 20.3 Å².